The number of hydrogen-bond donors (Lipinski definition) is 1. The largest absolute Gasteiger partial charge is 0.437 e. The number of hydrogen-bond acceptors (Lipinski definition) is 3. The van der Waals surface area contributed by atoms with Gasteiger partial charge in [0, 0.05) is 23.9 Å². The summed E-state index contributed by atoms with van der Waals surface area (Å²) in [5.74, 6) is 0.941. The molecule has 0 saturated heterocycles. The van der Waals surface area contributed by atoms with Crippen molar-refractivity contribution in [2.45, 2.75) is 12.8 Å². The van der Waals surface area contributed by atoms with Crippen LogP contribution in [0.4, 0.5) is 5.69 Å². The summed E-state index contributed by atoms with van der Waals surface area (Å²) in [6.07, 6.45) is 7.24. The van der Waals surface area contributed by atoms with E-state index in [1.54, 1.807) is 30.5 Å². The molecule has 0 fully saturated rings. The number of halogens is 1. The Bertz CT molecular complexity index is 707. The number of allylic oxidation sites excluding steroid dienone is 2. The minimum absolute atomic E-state index is 0.0138. The van der Waals surface area contributed by atoms with Crippen molar-refractivity contribution in [2.24, 2.45) is 5.92 Å². The number of rotatable bonds is 4. The van der Waals surface area contributed by atoms with Gasteiger partial charge in [0.2, 0.25) is 11.8 Å². The van der Waals surface area contributed by atoms with E-state index in [0.717, 1.165) is 12.8 Å². The average molecular weight is 315 g/mol. The molecule has 0 aliphatic heterocycles. The highest BCUT2D eigenvalue weighted by atomic mass is 35.5. The SMILES string of the molecule is O=C(Nc1ccnc(Oc2ccccc2Cl)c1)C1CC=CC1. The molecule has 22 heavy (non-hydrogen) atoms. The molecule has 0 atom stereocenters. The molecule has 1 aromatic carbocycles. The molecule has 0 radical (unpaired) electrons. The number of nitrogens with zero attached hydrogens (tertiary/aromatic N) is 1. The van der Waals surface area contributed by atoms with Crippen molar-refractivity contribution in [3.05, 3.63) is 59.8 Å². The van der Waals surface area contributed by atoms with Gasteiger partial charge in [-0.25, -0.2) is 4.98 Å². The fourth-order valence-corrected chi connectivity index (χ4v) is 2.43. The fourth-order valence-electron chi connectivity index (χ4n) is 2.26. The van der Waals surface area contributed by atoms with Gasteiger partial charge in [-0.3, -0.25) is 4.79 Å². The lowest BCUT2D eigenvalue weighted by Crippen LogP contribution is -2.20. The van der Waals surface area contributed by atoms with Crippen molar-refractivity contribution >= 4 is 23.2 Å². The number of anilines is 1. The maximum absolute atomic E-state index is 12.1. The molecule has 2 aromatic rings. The molecule has 0 bridgehead atoms. The maximum Gasteiger partial charge on any atom is 0.228 e. The zero-order valence-electron chi connectivity index (χ0n) is 11.8. The van der Waals surface area contributed by atoms with E-state index in [-0.39, 0.29) is 11.8 Å². The highest BCUT2D eigenvalue weighted by Crippen LogP contribution is 2.29. The molecule has 1 aliphatic carbocycles. The first-order valence-electron chi connectivity index (χ1n) is 7.06. The van der Waals surface area contributed by atoms with Crippen molar-refractivity contribution in [1.82, 2.24) is 4.98 Å². The van der Waals surface area contributed by atoms with Crippen LogP contribution in [-0.4, -0.2) is 10.9 Å². The Morgan fingerprint density at radius 3 is 2.77 bits per heavy atom. The Hall–Kier alpha value is -2.33. The number of carbonyl (C=O) groups excluding carboxylic acids is 1. The molecule has 1 amide bonds. The quantitative estimate of drug-likeness (QED) is 0.849. The van der Waals surface area contributed by atoms with Crippen LogP contribution in [-0.2, 0) is 4.79 Å². The van der Waals surface area contributed by atoms with Crippen molar-refractivity contribution in [3.63, 3.8) is 0 Å². The second-order valence-electron chi connectivity index (χ2n) is 5.04. The maximum atomic E-state index is 12.1. The van der Waals surface area contributed by atoms with Gasteiger partial charge in [-0.15, -0.1) is 0 Å². The summed E-state index contributed by atoms with van der Waals surface area (Å²) in [5.41, 5.74) is 0.661. The second-order valence-corrected chi connectivity index (χ2v) is 5.45. The summed E-state index contributed by atoms with van der Waals surface area (Å²) in [5, 5.41) is 3.40. The van der Waals surface area contributed by atoms with Crippen molar-refractivity contribution in [1.29, 1.82) is 0 Å². The standard InChI is InChI=1S/C17H15ClN2O2/c18-14-7-3-4-8-15(14)22-16-11-13(9-10-19-16)20-17(21)12-5-1-2-6-12/h1-4,7-12H,5-6H2,(H,19,20,21). The lowest BCUT2D eigenvalue weighted by atomic mass is 10.1. The van der Waals surface area contributed by atoms with E-state index in [1.807, 2.05) is 24.3 Å². The molecule has 1 aromatic heterocycles. The number of pyridine rings is 1. The van der Waals surface area contributed by atoms with Crippen molar-refractivity contribution in [2.75, 3.05) is 5.32 Å². The van der Waals surface area contributed by atoms with Gasteiger partial charge in [0.25, 0.3) is 0 Å². The number of carbonyl (C=O) groups is 1. The van der Waals surface area contributed by atoms with Gasteiger partial charge in [-0.2, -0.15) is 0 Å². The van der Waals surface area contributed by atoms with E-state index < -0.39 is 0 Å². The van der Waals surface area contributed by atoms with E-state index in [9.17, 15) is 4.79 Å². The molecule has 5 heteroatoms. The van der Waals surface area contributed by atoms with Crippen LogP contribution in [0.25, 0.3) is 0 Å². The number of aromatic nitrogens is 1. The summed E-state index contributed by atoms with van der Waals surface area (Å²) in [6.45, 7) is 0. The molecule has 0 spiro atoms. The first-order chi connectivity index (χ1) is 10.7. The van der Waals surface area contributed by atoms with E-state index >= 15 is 0 Å². The number of ether oxygens (including phenoxy) is 1. The number of benzene rings is 1. The van der Waals surface area contributed by atoms with Crippen LogP contribution in [0, 0.1) is 5.92 Å². The minimum Gasteiger partial charge on any atom is -0.437 e. The molecule has 112 valence electrons. The summed E-state index contributed by atoms with van der Waals surface area (Å²) >= 11 is 6.05. The molecule has 3 rings (SSSR count). The summed E-state index contributed by atoms with van der Waals surface area (Å²) in [4.78, 5) is 16.2. The molecule has 1 aliphatic rings. The molecule has 4 nitrogen and oxygen atoms in total. The van der Waals surface area contributed by atoms with Gasteiger partial charge in [0.05, 0.1) is 5.02 Å². The Labute approximate surface area is 133 Å². The van der Waals surface area contributed by atoms with Gasteiger partial charge >= 0.3 is 0 Å². The first kappa shape index (κ1) is 14.6. The fraction of sp³-hybridized carbons (Fsp3) is 0.176. The number of nitrogens with one attached hydrogen (secondary N) is 1. The predicted molar refractivity (Wildman–Crippen MR) is 86.3 cm³/mol. The summed E-state index contributed by atoms with van der Waals surface area (Å²) < 4.78 is 5.65. The highest BCUT2D eigenvalue weighted by molar-refractivity contribution is 6.32. The third kappa shape index (κ3) is 3.46. The third-order valence-corrected chi connectivity index (χ3v) is 3.74. The van der Waals surface area contributed by atoms with Crippen LogP contribution >= 0.6 is 11.6 Å². The monoisotopic (exact) mass is 314 g/mol. The number of amides is 1. The average Bonchev–Trinajstić information content (AvgIpc) is 3.04. The number of para-hydroxylation sites is 1. The van der Waals surface area contributed by atoms with Crippen LogP contribution in [0.3, 0.4) is 0 Å². The second kappa shape index (κ2) is 6.62. The molecule has 0 unspecified atom stereocenters. The first-order valence-corrected chi connectivity index (χ1v) is 7.44. The van der Waals surface area contributed by atoms with Crippen LogP contribution in [0.15, 0.2) is 54.7 Å². The van der Waals surface area contributed by atoms with Crippen LogP contribution in [0.2, 0.25) is 5.02 Å². The van der Waals surface area contributed by atoms with Gasteiger partial charge < -0.3 is 10.1 Å². The Morgan fingerprint density at radius 1 is 1.23 bits per heavy atom. The van der Waals surface area contributed by atoms with Crippen molar-refractivity contribution < 1.29 is 9.53 Å². The molecule has 1 heterocycles. The van der Waals surface area contributed by atoms with E-state index in [2.05, 4.69) is 10.3 Å². The van der Waals surface area contributed by atoms with Gasteiger partial charge in [-0.05, 0) is 31.0 Å². The Morgan fingerprint density at radius 2 is 2.00 bits per heavy atom. The van der Waals surface area contributed by atoms with E-state index in [1.165, 1.54) is 0 Å². The topological polar surface area (TPSA) is 51.2 Å². The normalized spacial score (nSPS) is 14.0. The molecule has 0 saturated carbocycles. The lowest BCUT2D eigenvalue weighted by Gasteiger charge is -2.11. The van der Waals surface area contributed by atoms with Gasteiger partial charge in [-0.1, -0.05) is 35.9 Å². The van der Waals surface area contributed by atoms with Gasteiger partial charge in [0.15, 0.2) is 0 Å². The van der Waals surface area contributed by atoms with E-state index in [4.69, 9.17) is 16.3 Å². The Kier molecular flexibility index (Phi) is 4.39. The van der Waals surface area contributed by atoms with Crippen LogP contribution < -0.4 is 10.1 Å². The summed E-state index contributed by atoms with van der Waals surface area (Å²) in [7, 11) is 0. The third-order valence-electron chi connectivity index (χ3n) is 3.43. The lowest BCUT2D eigenvalue weighted by molar-refractivity contribution is -0.119. The van der Waals surface area contributed by atoms with Crippen LogP contribution in [0.1, 0.15) is 12.8 Å². The zero-order valence-corrected chi connectivity index (χ0v) is 12.6. The van der Waals surface area contributed by atoms with Crippen molar-refractivity contribution in [3.8, 4) is 11.6 Å². The smallest absolute Gasteiger partial charge is 0.228 e. The predicted octanol–water partition coefficient (Wildman–Crippen LogP) is 4.43. The molecule has 1 N–H and O–H groups in total. The molecular weight excluding hydrogens is 300 g/mol. The zero-order chi connectivity index (χ0) is 15.4. The summed E-state index contributed by atoms with van der Waals surface area (Å²) in [6, 6.07) is 10.6. The van der Waals surface area contributed by atoms with Crippen LogP contribution in [0.5, 0.6) is 11.6 Å². The molecular formula is C17H15ClN2O2. The highest BCUT2D eigenvalue weighted by Gasteiger charge is 2.19. The van der Waals surface area contributed by atoms with Gasteiger partial charge in [0.1, 0.15) is 5.75 Å². The minimum atomic E-state index is 0.0138. The van der Waals surface area contributed by atoms with E-state index in [0.29, 0.717) is 22.3 Å². The Balaban J connectivity index is 1.70.